The summed E-state index contributed by atoms with van der Waals surface area (Å²) >= 11 is 3.33. The van der Waals surface area contributed by atoms with Crippen molar-refractivity contribution in [3.8, 4) is 0 Å². The second-order valence-electron chi connectivity index (χ2n) is 6.45. The zero-order valence-corrected chi connectivity index (χ0v) is 16.6. The molecular weight excluding hydrogens is 426 g/mol. The Bertz CT molecular complexity index is 1110. The third kappa shape index (κ3) is 2.80. The lowest BCUT2D eigenvalue weighted by molar-refractivity contribution is -0.118. The molecule has 0 aliphatic carbocycles. The summed E-state index contributed by atoms with van der Waals surface area (Å²) in [6.07, 6.45) is 0.0646. The van der Waals surface area contributed by atoms with Gasteiger partial charge < -0.3 is 5.32 Å². The average Bonchev–Trinajstić information content (AvgIpc) is 2.96. The van der Waals surface area contributed by atoms with E-state index in [1.807, 2.05) is 30.3 Å². The van der Waals surface area contributed by atoms with Crippen LogP contribution in [-0.2, 0) is 25.8 Å². The first kappa shape index (κ1) is 17.9. The van der Waals surface area contributed by atoms with E-state index in [1.165, 1.54) is 12.1 Å². The van der Waals surface area contributed by atoms with Crippen molar-refractivity contribution in [3.05, 3.63) is 94.5 Å². The van der Waals surface area contributed by atoms with Gasteiger partial charge in [0.1, 0.15) is 0 Å². The first-order valence-corrected chi connectivity index (χ1v) is 10.7. The highest BCUT2D eigenvalue weighted by atomic mass is 79.9. The van der Waals surface area contributed by atoms with Gasteiger partial charge in [-0.1, -0.05) is 64.5 Å². The Kier molecular flexibility index (Phi) is 4.40. The standard InChI is InChI=1S/C21H16BrNO3S/c22-16-10-12-17(13-11-16)27(25,26)21(14-15-6-2-1-3-7-15)18-8-4-5-9-19(18)23-20(21)24/h1-13H,14H2,(H,23,24). The molecule has 1 aliphatic heterocycles. The van der Waals surface area contributed by atoms with Crippen LogP contribution in [0.5, 0.6) is 0 Å². The fourth-order valence-electron chi connectivity index (χ4n) is 3.53. The Morgan fingerprint density at radius 1 is 0.852 bits per heavy atom. The van der Waals surface area contributed by atoms with Gasteiger partial charge in [0.2, 0.25) is 0 Å². The monoisotopic (exact) mass is 441 g/mol. The lowest BCUT2D eigenvalue weighted by Gasteiger charge is -2.28. The fourth-order valence-corrected chi connectivity index (χ4v) is 5.81. The van der Waals surface area contributed by atoms with Crippen LogP contribution >= 0.6 is 15.9 Å². The van der Waals surface area contributed by atoms with Crippen LogP contribution in [0.15, 0.2) is 88.2 Å². The van der Waals surface area contributed by atoms with Gasteiger partial charge in [-0.05, 0) is 35.9 Å². The molecule has 0 radical (unpaired) electrons. The topological polar surface area (TPSA) is 63.2 Å². The molecule has 0 aromatic heterocycles. The number of carbonyl (C=O) groups excluding carboxylic acids is 1. The van der Waals surface area contributed by atoms with Crippen LogP contribution in [-0.4, -0.2) is 14.3 Å². The molecule has 3 aromatic rings. The first-order valence-electron chi connectivity index (χ1n) is 8.40. The van der Waals surface area contributed by atoms with Crippen molar-refractivity contribution in [1.82, 2.24) is 0 Å². The molecule has 0 fully saturated rings. The summed E-state index contributed by atoms with van der Waals surface area (Å²) in [6, 6.07) is 22.6. The van der Waals surface area contributed by atoms with E-state index < -0.39 is 20.5 Å². The predicted molar refractivity (Wildman–Crippen MR) is 108 cm³/mol. The normalized spacial score (nSPS) is 18.8. The summed E-state index contributed by atoms with van der Waals surface area (Å²) in [5, 5.41) is 2.77. The lowest BCUT2D eigenvalue weighted by Crippen LogP contribution is -2.44. The SMILES string of the molecule is O=C1Nc2ccccc2C1(Cc1ccccc1)S(=O)(=O)c1ccc(Br)cc1. The van der Waals surface area contributed by atoms with Gasteiger partial charge >= 0.3 is 0 Å². The van der Waals surface area contributed by atoms with Crippen LogP contribution in [0.1, 0.15) is 11.1 Å². The summed E-state index contributed by atoms with van der Waals surface area (Å²) in [5.74, 6) is -0.518. The third-order valence-corrected chi connectivity index (χ3v) is 7.74. The van der Waals surface area contributed by atoms with Gasteiger partial charge in [-0.2, -0.15) is 0 Å². The molecule has 4 nitrogen and oxygen atoms in total. The minimum Gasteiger partial charge on any atom is -0.324 e. The lowest BCUT2D eigenvalue weighted by atomic mass is 9.92. The average molecular weight is 442 g/mol. The molecule has 1 amide bonds. The quantitative estimate of drug-likeness (QED) is 0.655. The molecule has 27 heavy (non-hydrogen) atoms. The van der Waals surface area contributed by atoms with Crippen LogP contribution in [0.25, 0.3) is 0 Å². The van der Waals surface area contributed by atoms with E-state index in [2.05, 4.69) is 21.2 Å². The van der Waals surface area contributed by atoms with Crippen LogP contribution in [0, 0.1) is 0 Å². The molecule has 1 heterocycles. The number of hydrogen-bond acceptors (Lipinski definition) is 3. The van der Waals surface area contributed by atoms with Crippen molar-refractivity contribution in [2.45, 2.75) is 16.1 Å². The van der Waals surface area contributed by atoms with E-state index >= 15 is 0 Å². The molecule has 0 bridgehead atoms. The van der Waals surface area contributed by atoms with Crippen LogP contribution in [0.4, 0.5) is 5.69 Å². The van der Waals surface area contributed by atoms with Crippen molar-refractivity contribution >= 4 is 37.4 Å². The zero-order valence-electron chi connectivity index (χ0n) is 14.2. The number of rotatable bonds is 4. The van der Waals surface area contributed by atoms with Gasteiger partial charge in [0.15, 0.2) is 14.6 Å². The van der Waals surface area contributed by atoms with Gasteiger partial charge in [0.25, 0.3) is 5.91 Å². The number of anilines is 1. The highest BCUT2D eigenvalue weighted by molar-refractivity contribution is 9.10. The number of nitrogens with one attached hydrogen (secondary N) is 1. The zero-order chi connectivity index (χ0) is 19.1. The Labute approximate surface area is 166 Å². The second kappa shape index (κ2) is 6.62. The molecule has 0 saturated carbocycles. The van der Waals surface area contributed by atoms with Gasteiger partial charge in [0.05, 0.1) is 4.90 Å². The Morgan fingerprint density at radius 2 is 1.48 bits per heavy atom. The van der Waals surface area contributed by atoms with Gasteiger partial charge in [-0.3, -0.25) is 4.79 Å². The molecular formula is C21H16BrNO3S. The number of benzene rings is 3. The summed E-state index contributed by atoms with van der Waals surface area (Å²) in [4.78, 5) is 13.3. The minimum absolute atomic E-state index is 0.0646. The number of carbonyl (C=O) groups is 1. The molecule has 136 valence electrons. The molecule has 0 spiro atoms. The van der Waals surface area contributed by atoms with Crippen molar-refractivity contribution in [1.29, 1.82) is 0 Å². The van der Waals surface area contributed by atoms with E-state index in [0.29, 0.717) is 11.3 Å². The van der Waals surface area contributed by atoms with Gasteiger partial charge in [-0.25, -0.2) is 8.42 Å². The highest BCUT2D eigenvalue weighted by Crippen LogP contribution is 2.47. The predicted octanol–water partition coefficient (Wildman–Crippen LogP) is 4.31. The van der Waals surface area contributed by atoms with E-state index in [-0.39, 0.29) is 11.3 Å². The minimum atomic E-state index is -4.01. The highest BCUT2D eigenvalue weighted by Gasteiger charge is 2.57. The van der Waals surface area contributed by atoms with E-state index in [4.69, 9.17) is 0 Å². The molecule has 0 saturated heterocycles. The maximum absolute atomic E-state index is 13.8. The van der Waals surface area contributed by atoms with Crippen molar-refractivity contribution in [3.63, 3.8) is 0 Å². The second-order valence-corrected chi connectivity index (χ2v) is 9.54. The molecule has 4 rings (SSSR count). The van der Waals surface area contributed by atoms with Gasteiger partial charge in [0, 0.05) is 22.1 Å². The molecule has 1 aliphatic rings. The van der Waals surface area contributed by atoms with Crippen LogP contribution < -0.4 is 5.32 Å². The number of hydrogen-bond donors (Lipinski definition) is 1. The number of para-hydroxylation sites is 1. The number of sulfone groups is 1. The maximum Gasteiger partial charge on any atom is 0.251 e. The van der Waals surface area contributed by atoms with Crippen molar-refractivity contribution < 1.29 is 13.2 Å². The molecule has 6 heteroatoms. The number of fused-ring (bicyclic) bond motifs is 1. The Morgan fingerprint density at radius 3 is 2.19 bits per heavy atom. The number of halogens is 1. The molecule has 1 atom stereocenters. The van der Waals surface area contributed by atoms with E-state index in [9.17, 15) is 13.2 Å². The smallest absolute Gasteiger partial charge is 0.251 e. The summed E-state index contributed by atoms with van der Waals surface area (Å²) in [6.45, 7) is 0. The molecule has 1 unspecified atom stereocenters. The van der Waals surface area contributed by atoms with Gasteiger partial charge in [-0.15, -0.1) is 0 Å². The first-order chi connectivity index (χ1) is 12.9. The summed E-state index contributed by atoms with van der Waals surface area (Å²) in [5.41, 5.74) is 1.81. The third-order valence-electron chi connectivity index (χ3n) is 4.86. The summed E-state index contributed by atoms with van der Waals surface area (Å²) < 4.78 is 26.6. The molecule has 3 aromatic carbocycles. The number of amides is 1. The molecule has 1 N–H and O–H groups in total. The van der Waals surface area contributed by atoms with E-state index in [0.717, 1.165) is 10.0 Å². The Balaban J connectivity index is 1.97. The fraction of sp³-hybridized carbons (Fsp3) is 0.0952. The Hall–Kier alpha value is -2.44. The van der Waals surface area contributed by atoms with Crippen LogP contribution in [0.3, 0.4) is 0 Å². The van der Waals surface area contributed by atoms with Crippen molar-refractivity contribution in [2.24, 2.45) is 0 Å². The largest absolute Gasteiger partial charge is 0.324 e. The van der Waals surface area contributed by atoms with E-state index in [1.54, 1.807) is 36.4 Å². The van der Waals surface area contributed by atoms with Crippen LogP contribution in [0.2, 0.25) is 0 Å². The maximum atomic E-state index is 13.8. The summed E-state index contributed by atoms with van der Waals surface area (Å²) in [7, 11) is -4.01. The van der Waals surface area contributed by atoms with Crippen molar-refractivity contribution in [2.75, 3.05) is 5.32 Å².